The number of nitrogens with one attached hydrogen (secondary N) is 2. The van der Waals surface area contributed by atoms with Gasteiger partial charge in [-0.25, -0.2) is 13.1 Å². The number of sulfonamides is 1. The van der Waals surface area contributed by atoms with E-state index >= 15 is 0 Å². The Labute approximate surface area is 126 Å². The maximum atomic E-state index is 12.1. The van der Waals surface area contributed by atoms with Gasteiger partial charge in [-0.1, -0.05) is 19.1 Å². The summed E-state index contributed by atoms with van der Waals surface area (Å²) in [5, 5.41) is 2.92. The lowest BCUT2D eigenvalue weighted by Gasteiger charge is -2.19. The fourth-order valence-corrected chi connectivity index (χ4v) is 3.20. The highest BCUT2D eigenvalue weighted by Gasteiger charge is 2.18. The molecule has 0 saturated heterocycles. The largest absolute Gasteiger partial charge is 0.375 e. The van der Waals surface area contributed by atoms with Crippen LogP contribution in [0.3, 0.4) is 0 Å². The molecule has 2 N–H and O–H groups in total. The summed E-state index contributed by atoms with van der Waals surface area (Å²) in [6, 6.07) is 6.55. The van der Waals surface area contributed by atoms with Gasteiger partial charge in [0.05, 0.1) is 12.2 Å². The molecule has 1 aromatic rings. The molecule has 0 bridgehead atoms. The van der Waals surface area contributed by atoms with E-state index in [1.165, 1.54) is 6.07 Å². The van der Waals surface area contributed by atoms with Gasteiger partial charge in [-0.05, 0) is 26.0 Å². The summed E-state index contributed by atoms with van der Waals surface area (Å²) in [6.07, 6.45) is 0. The summed E-state index contributed by atoms with van der Waals surface area (Å²) >= 11 is 0. The van der Waals surface area contributed by atoms with Crippen LogP contribution in [-0.4, -0.2) is 45.4 Å². The number of anilines is 1. The zero-order valence-electron chi connectivity index (χ0n) is 12.7. The monoisotopic (exact) mass is 313 g/mol. The van der Waals surface area contributed by atoms with Crippen molar-refractivity contribution in [2.45, 2.75) is 25.7 Å². The number of para-hydroxylation sites is 1. The number of amides is 1. The Balaban J connectivity index is 2.88. The third-order valence-corrected chi connectivity index (χ3v) is 4.66. The molecule has 0 heterocycles. The highest BCUT2D eigenvalue weighted by atomic mass is 32.2. The number of benzene rings is 1. The molecule has 0 aliphatic rings. The lowest BCUT2D eigenvalue weighted by atomic mass is 10.3. The fourth-order valence-electron chi connectivity index (χ4n) is 1.97. The van der Waals surface area contributed by atoms with E-state index in [0.717, 1.165) is 0 Å². The smallest absolute Gasteiger partial charge is 0.242 e. The molecule has 0 fully saturated rings. The number of carbonyl (C=O) groups excluding carboxylic acids is 1. The van der Waals surface area contributed by atoms with Crippen LogP contribution < -0.4 is 10.0 Å². The predicted octanol–water partition coefficient (Wildman–Crippen LogP) is 1.27. The first-order valence-electron chi connectivity index (χ1n) is 7.06. The molecule has 0 aromatic heterocycles. The van der Waals surface area contributed by atoms with Crippen molar-refractivity contribution in [3.8, 4) is 0 Å². The molecule has 0 aliphatic carbocycles. The number of hydrogen-bond donors (Lipinski definition) is 2. The van der Waals surface area contributed by atoms with Crippen molar-refractivity contribution in [2.75, 3.05) is 31.5 Å². The molecule has 1 aromatic carbocycles. The molecule has 1 amide bonds. The van der Waals surface area contributed by atoms with Crippen molar-refractivity contribution in [3.05, 3.63) is 24.3 Å². The van der Waals surface area contributed by atoms with Gasteiger partial charge in [-0.15, -0.1) is 0 Å². The number of carbonyl (C=O) groups is 1. The number of likely N-dealkylation sites (N-methyl/N-ethyl adjacent to an activating group) is 1. The Hall–Kier alpha value is -1.60. The standard InChI is InChI=1S/C14H23N3O3S/c1-4-16-21(19,20)13-10-8-7-9-12(13)15-11-14(18)17(5-2)6-3/h7-10,15-16H,4-6,11H2,1-3H3. The average molecular weight is 313 g/mol. The minimum Gasteiger partial charge on any atom is -0.375 e. The van der Waals surface area contributed by atoms with Crippen molar-refractivity contribution < 1.29 is 13.2 Å². The molecule has 0 aliphatic heterocycles. The molecule has 0 saturated carbocycles. The summed E-state index contributed by atoms with van der Waals surface area (Å²) in [5.41, 5.74) is 0.430. The maximum Gasteiger partial charge on any atom is 0.242 e. The van der Waals surface area contributed by atoms with Crippen LogP contribution in [0, 0.1) is 0 Å². The van der Waals surface area contributed by atoms with Crippen LogP contribution in [0.15, 0.2) is 29.2 Å². The first-order valence-corrected chi connectivity index (χ1v) is 8.54. The van der Waals surface area contributed by atoms with Gasteiger partial charge in [0.1, 0.15) is 4.90 Å². The Morgan fingerprint density at radius 2 is 1.76 bits per heavy atom. The minimum atomic E-state index is -3.56. The van der Waals surface area contributed by atoms with E-state index in [1.54, 1.807) is 30.0 Å². The molecular formula is C14H23N3O3S. The second kappa shape index (κ2) is 7.99. The van der Waals surface area contributed by atoms with E-state index < -0.39 is 10.0 Å². The van der Waals surface area contributed by atoms with Crippen molar-refractivity contribution in [3.63, 3.8) is 0 Å². The summed E-state index contributed by atoms with van der Waals surface area (Å²) in [5.74, 6) is -0.0596. The molecule has 0 atom stereocenters. The van der Waals surface area contributed by atoms with E-state index in [2.05, 4.69) is 10.0 Å². The third kappa shape index (κ3) is 4.71. The SMILES string of the molecule is CCNS(=O)(=O)c1ccccc1NCC(=O)N(CC)CC. The molecular weight excluding hydrogens is 290 g/mol. The second-order valence-corrected chi connectivity index (χ2v) is 6.15. The highest BCUT2D eigenvalue weighted by Crippen LogP contribution is 2.20. The van der Waals surface area contributed by atoms with Crippen LogP contribution >= 0.6 is 0 Å². The van der Waals surface area contributed by atoms with Crippen molar-refractivity contribution >= 4 is 21.6 Å². The van der Waals surface area contributed by atoms with Crippen LogP contribution in [0.2, 0.25) is 0 Å². The van der Waals surface area contributed by atoms with Crippen LogP contribution in [0.25, 0.3) is 0 Å². The van der Waals surface area contributed by atoms with Gasteiger partial charge in [0.2, 0.25) is 15.9 Å². The summed E-state index contributed by atoms with van der Waals surface area (Å²) in [6.45, 7) is 7.19. The fraction of sp³-hybridized carbons (Fsp3) is 0.500. The number of hydrogen-bond acceptors (Lipinski definition) is 4. The zero-order chi connectivity index (χ0) is 15.9. The Morgan fingerprint density at radius 1 is 1.14 bits per heavy atom. The quantitative estimate of drug-likeness (QED) is 0.757. The van der Waals surface area contributed by atoms with Crippen molar-refractivity contribution in [1.29, 1.82) is 0 Å². The lowest BCUT2D eigenvalue weighted by molar-refractivity contribution is -0.128. The summed E-state index contributed by atoms with van der Waals surface area (Å²) in [4.78, 5) is 13.8. The molecule has 21 heavy (non-hydrogen) atoms. The number of nitrogens with zero attached hydrogens (tertiary/aromatic N) is 1. The highest BCUT2D eigenvalue weighted by molar-refractivity contribution is 7.89. The summed E-state index contributed by atoms with van der Waals surface area (Å²) in [7, 11) is -3.56. The van der Waals surface area contributed by atoms with Crippen molar-refractivity contribution in [1.82, 2.24) is 9.62 Å². The van der Waals surface area contributed by atoms with Gasteiger partial charge in [0, 0.05) is 19.6 Å². The van der Waals surface area contributed by atoms with Gasteiger partial charge in [-0.3, -0.25) is 4.79 Å². The molecule has 0 unspecified atom stereocenters. The van der Waals surface area contributed by atoms with E-state index in [4.69, 9.17) is 0 Å². The van der Waals surface area contributed by atoms with Crippen LogP contribution in [-0.2, 0) is 14.8 Å². The van der Waals surface area contributed by atoms with Crippen LogP contribution in [0.5, 0.6) is 0 Å². The van der Waals surface area contributed by atoms with Gasteiger partial charge >= 0.3 is 0 Å². The molecule has 7 heteroatoms. The molecule has 1 rings (SSSR count). The zero-order valence-corrected chi connectivity index (χ0v) is 13.5. The molecule has 0 spiro atoms. The topological polar surface area (TPSA) is 78.5 Å². The Bertz CT molecular complexity index is 569. The van der Waals surface area contributed by atoms with E-state index in [1.807, 2.05) is 13.8 Å². The Kier molecular flexibility index (Phi) is 6.64. The molecule has 118 valence electrons. The van der Waals surface area contributed by atoms with Gasteiger partial charge < -0.3 is 10.2 Å². The lowest BCUT2D eigenvalue weighted by Crippen LogP contribution is -2.35. The predicted molar refractivity (Wildman–Crippen MR) is 83.7 cm³/mol. The van der Waals surface area contributed by atoms with Crippen molar-refractivity contribution in [2.24, 2.45) is 0 Å². The van der Waals surface area contributed by atoms with E-state index in [0.29, 0.717) is 25.3 Å². The van der Waals surface area contributed by atoms with Gasteiger partial charge in [-0.2, -0.15) is 0 Å². The molecule has 6 nitrogen and oxygen atoms in total. The number of rotatable bonds is 8. The van der Waals surface area contributed by atoms with Gasteiger partial charge in [0.15, 0.2) is 0 Å². The first kappa shape index (κ1) is 17.5. The van der Waals surface area contributed by atoms with Crippen LogP contribution in [0.1, 0.15) is 20.8 Å². The normalized spacial score (nSPS) is 11.2. The maximum absolute atomic E-state index is 12.1. The van der Waals surface area contributed by atoms with Gasteiger partial charge in [0.25, 0.3) is 0 Å². The van der Waals surface area contributed by atoms with Crippen LogP contribution in [0.4, 0.5) is 5.69 Å². The first-order chi connectivity index (χ1) is 9.96. The van der Waals surface area contributed by atoms with E-state index in [9.17, 15) is 13.2 Å². The van der Waals surface area contributed by atoms with E-state index in [-0.39, 0.29) is 17.3 Å². The second-order valence-electron chi connectivity index (χ2n) is 4.42. The molecule has 0 radical (unpaired) electrons. The average Bonchev–Trinajstić information content (AvgIpc) is 2.46. The summed E-state index contributed by atoms with van der Waals surface area (Å²) < 4.78 is 26.6. The minimum absolute atomic E-state index is 0.0596. The third-order valence-electron chi connectivity index (χ3n) is 3.06. The Morgan fingerprint density at radius 3 is 2.33 bits per heavy atom.